The highest BCUT2D eigenvalue weighted by atomic mass is 79.9. The molecule has 0 radical (unpaired) electrons. The van der Waals surface area contributed by atoms with Crippen LogP contribution < -0.4 is 10.6 Å². The topological polar surface area (TPSA) is 58.2 Å². The number of carbonyl (C=O) groups excluding carboxylic acids is 2. The number of hydrogen-bond acceptors (Lipinski definition) is 2. The highest BCUT2D eigenvalue weighted by Crippen LogP contribution is 2.23. The molecule has 0 saturated heterocycles. The second-order valence-electron chi connectivity index (χ2n) is 5.04. The third kappa shape index (κ3) is 3.93. The first-order valence-electron chi connectivity index (χ1n) is 6.26. The summed E-state index contributed by atoms with van der Waals surface area (Å²) in [5.41, 5.74) is 0.573. The maximum atomic E-state index is 12.2. The Balaban J connectivity index is 2.80. The maximum Gasteiger partial charge on any atom is 0.239 e. The van der Waals surface area contributed by atoms with E-state index >= 15 is 0 Å². The minimum absolute atomic E-state index is 0.332. The Kier molecular flexibility index (Phi) is 5.51. The van der Waals surface area contributed by atoms with Gasteiger partial charge in [0.1, 0.15) is 5.41 Å². The molecule has 0 aromatic heterocycles. The van der Waals surface area contributed by atoms with Crippen molar-refractivity contribution in [3.05, 3.63) is 40.9 Å². The lowest BCUT2D eigenvalue weighted by Crippen LogP contribution is -2.45. The summed E-state index contributed by atoms with van der Waals surface area (Å²) in [6.45, 7) is 9.00. The molecule has 20 heavy (non-hydrogen) atoms. The summed E-state index contributed by atoms with van der Waals surface area (Å²) in [6.07, 6.45) is 1.57. The molecule has 5 heteroatoms. The summed E-state index contributed by atoms with van der Waals surface area (Å²) in [6, 6.07) is 5.51. The molecule has 0 atom stereocenters. The molecule has 2 N–H and O–H groups in total. The van der Waals surface area contributed by atoms with Crippen molar-refractivity contribution in [3.63, 3.8) is 0 Å². The molecule has 1 rings (SSSR count). The number of aryl methyl sites for hydroxylation is 1. The van der Waals surface area contributed by atoms with Crippen LogP contribution in [0.1, 0.15) is 19.4 Å². The minimum atomic E-state index is -1.15. The second kappa shape index (κ2) is 6.70. The predicted molar refractivity (Wildman–Crippen MR) is 84.5 cm³/mol. The van der Waals surface area contributed by atoms with Crippen molar-refractivity contribution in [3.8, 4) is 0 Å². The lowest BCUT2D eigenvalue weighted by Gasteiger charge is -2.22. The third-order valence-corrected chi connectivity index (χ3v) is 3.83. The molecule has 0 spiro atoms. The average Bonchev–Trinajstić information content (AvgIpc) is 2.39. The Morgan fingerprint density at radius 3 is 2.55 bits per heavy atom. The van der Waals surface area contributed by atoms with Gasteiger partial charge in [0.25, 0.3) is 0 Å². The number of carbonyl (C=O) groups is 2. The van der Waals surface area contributed by atoms with Gasteiger partial charge < -0.3 is 10.6 Å². The van der Waals surface area contributed by atoms with Gasteiger partial charge >= 0.3 is 0 Å². The van der Waals surface area contributed by atoms with Crippen molar-refractivity contribution >= 4 is 33.4 Å². The van der Waals surface area contributed by atoms with Crippen LogP contribution >= 0.6 is 15.9 Å². The van der Waals surface area contributed by atoms with E-state index in [0.29, 0.717) is 12.2 Å². The zero-order valence-electron chi connectivity index (χ0n) is 11.9. The number of hydrogen-bond donors (Lipinski definition) is 2. The smallest absolute Gasteiger partial charge is 0.239 e. The van der Waals surface area contributed by atoms with Crippen LogP contribution in [0.3, 0.4) is 0 Å². The standard InChI is InChI=1S/C15H19BrN2O2/c1-5-8-17-13(19)15(3,4)14(20)18-11-7-6-10(2)12(16)9-11/h5-7,9H,1,8H2,2-4H3,(H,17,19)(H,18,20). The van der Waals surface area contributed by atoms with Crippen LogP contribution in [0.4, 0.5) is 5.69 Å². The van der Waals surface area contributed by atoms with Gasteiger partial charge in [0.2, 0.25) is 11.8 Å². The largest absolute Gasteiger partial charge is 0.352 e. The molecule has 0 aliphatic carbocycles. The monoisotopic (exact) mass is 338 g/mol. The molecule has 1 aromatic carbocycles. The van der Waals surface area contributed by atoms with Crippen LogP contribution in [0.2, 0.25) is 0 Å². The quantitative estimate of drug-likeness (QED) is 0.640. The van der Waals surface area contributed by atoms with Crippen molar-refractivity contribution in [1.82, 2.24) is 5.32 Å². The molecular weight excluding hydrogens is 320 g/mol. The maximum absolute atomic E-state index is 12.2. The molecule has 0 fully saturated rings. The normalized spacial score (nSPS) is 10.8. The summed E-state index contributed by atoms with van der Waals surface area (Å²) >= 11 is 3.41. The van der Waals surface area contributed by atoms with Crippen molar-refractivity contribution in [2.24, 2.45) is 5.41 Å². The number of amides is 2. The Bertz CT molecular complexity index is 539. The van der Waals surface area contributed by atoms with Gasteiger partial charge in [-0.05, 0) is 38.5 Å². The summed E-state index contributed by atoms with van der Waals surface area (Å²) in [5, 5.41) is 5.38. The number of halogens is 1. The van der Waals surface area contributed by atoms with Crippen molar-refractivity contribution in [2.45, 2.75) is 20.8 Å². The van der Waals surface area contributed by atoms with Crippen molar-refractivity contribution in [2.75, 3.05) is 11.9 Å². The molecule has 0 aliphatic rings. The highest BCUT2D eigenvalue weighted by molar-refractivity contribution is 9.10. The Morgan fingerprint density at radius 1 is 1.35 bits per heavy atom. The van der Waals surface area contributed by atoms with E-state index in [1.165, 1.54) is 0 Å². The van der Waals surface area contributed by atoms with Gasteiger partial charge in [-0.25, -0.2) is 0 Å². The lowest BCUT2D eigenvalue weighted by molar-refractivity contribution is -0.138. The van der Waals surface area contributed by atoms with E-state index < -0.39 is 5.41 Å². The second-order valence-corrected chi connectivity index (χ2v) is 5.90. The van der Waals surface area contributed by atoms with Crippen LogP contribution in [0.25, 0.3) is 0 Å². The molecule has 2 amide bonds. The Morgan fingerprint density at radius 2 is 2.00 bits per heavy atom. The van der Waals surface area contributed by atoms with Gasteiger partial charge in [0, 0.05) is 16.7 Å². The molecule has 0 aliphatic heterocycles. The molecule has 0 unspecified atom stereocenters. The number of benzene rings is 1. The zero-order valence-corrected chi connectivity index (χ0v) is 13.5. The summed E-state index contributed by atoms with van der Waals surface area (Å²) < 4.78 is 0.907. The fraction of sp³-hybridized carbons (Fsp3) is 0.333. The fourth-order valence-corrected chi connectivity index (χ4v) is 1.83. The number of rotatable bonds is 5. The van der Waals surface area contributed by atoms with Gasteiger partial charge in [-0.1, -0.05) is 28.1 Å². The van der Waals surface area contributed by atoms with Gasteiger partial charge in [-0.15, -0.1) is 6.58 Å². The van der Waals surface area contributed by atoms with Gasteiger partial charge in [-0.2, -0.15) is 0 Å². The van der Waals surface area contributed by atoms with Gasteiger partial charge in [-0.3, -0.25) is 9.59 Å². The molecule has 0 bridgehead atoms. The highest BCUT2D eigenvalue weighted by Gasteiger charge is 2.35. The van der Waals surface area contributed by atoms with Crippen molar-refractivity contribution < 1.29 is 9.59 Å². The molecule has 0 heterocycles. The van der Waals surface area contributed by atoms with E-state index in [9.17, 15) is 9.59 Å². The Hall–Kier alpha value is -1.62. The number of nitrogens with one attached hydrogen (secondary N) is 2. The molecule has 4 nitrogen and oxygen atoms in total. The first-order chi connectivity index (χ1) is 9.28. The van der Waals surface area contributed by atoms with Crippen LogP contribution in [-0.4, -0.2) is 18.4 Å². The van der Waals surface area contributed by atoms with Gasteiger partial charge in [0.15, 0.2) is 0 Å². The lowest BCUT2D eigenvalue weighted by atomic mass is 9.91. The number of anilines is 1. The van der Waals surface area contributed by atoms with Crippen LogP contribution in [0.15, 0.2) is 35.3 Å². The molecule has 1 aromatic rings. The van der Waals surface area contributed by atoms with E-state index in [2.05, 4.69) is 33.1 Å². The van der Waals surface area contributed by atoms with E-state index in [4.69, 9.17) is 0 Å². The van der Waals surface area contributed by atoms with Gasteiger partial charge in [0.05, 0.1) is 0 Å². The van der Waals surface area contributed by atoms with Crippen LogP contribution in [0, 0.1) is 12.3 Å². The third-order valence-electron chi connectivity index (χ3n) is 2.97. The zero-order chi connectivity index (χ0) is 15.3. The van der Waals surface area contributed by atoms with Crippen molar-refractivity contribution in [1.29, 1.82) is 0 Å². The SMILES string of the molecule is C=CCNC(=O)C(C)(C)C(=O)Nc1ccc(C)c(Br)c1. The Labute approximate surface area is 127 Å². The predicted octanol–water partition coefficient (Wildman–Crippen LogP) is 3.02. The van der Waals surface area contributed by atoms with Crippen LogP contribution in [0.5, 0.6) is 0 Å². The summed E-state index contributed by atoms with van der Waals surface area (Å²) in [5.74, 6) is -0.684. The van der Waals surface area contributed by atoms with Crippen LogP contribution in [-0.2, 0) is 9.59 Å². The minimum Gasteiger partial charge on any atom is -0.352 e. The summed E-state index contributed by atoms with van der Waals surface area (Å²) in [4.78, 5) is 24.2. The first-order valence-corrected chi connectivity index (χ1v) is 7.05. The fourth-order valence-electron chi connectivity index (χ4n) is 1.45. The van der Waals surface area contributed by atoms with E-state index in [1.54, 1.807) is 26.0 Å². The first kappa shape index (κ1) is 16.4. The molecule has 0 saturated carbocycles. The van der Waals surface area contributed by atoms with E-state index in [-0.39, 0.29) is 11.8 Å². The van der Waals surface area contributed by atoms with E-state index in [0.717, 1.165) is 10.0 Å². The molecule has 108 valence electrons. The molecular formula is C15H19BrN2O2. The summed E-state index contributed by atoms with van der Waals surface area (Å²) in [7, 11) is 0. The average molecular weight is 339 g/mol. The van der Waals surface area contributed by atoms with E-state index in [1.807, 2.05) is 19.1 Å².